The molecule has 1 aliphatic heterocycles. The van der Waals surface area contributed by atoms with Gasteiger partial charge in [0, 0.05) is 15.5 Å². The predicted molar refractivity (Wildman–Crippen MR) is 52.6 cm³/mol. The van der Waals surface area contributed by atoms with E-state index in [0.717, 1.165) is 10.0 Å². The first-order valence-electron chi connectivity index (χ1n) is 4.13. The van der Waals surface area contributed by atoms with Crippen LogP contribution in [0.4, 0.5) is 4.39 Å². The maximum Gasteiger partial charge on any atom is 0.166 e. The average Bonchev–Trinajstić information content (AvgIpc) is 2.28. The summed E-state index contributed by atoms with van der Waals surface area (Å²) in [5.41, 5.74) is 0.860. The summed E-state index contributed by atoms with van der Waals surface area (Å²) in [4.78, 5) is 0. The van der Waals surface area contributed by atoms with Crippen LogP contribution >= 0.6 is 15.9 Å². The molecule has 2 rings (SSSR count). The first kappa shape index (κ1) is 9.00. The summed E-state index contributed by atoms with van der Waals surface area (Å²) >= 11 is 3.27. The molecule has 1 heterocycles. The van der Waals surface area contributed by atoms with E-state index < -0.39 is 0 Å². The maximum absolute atomic E-state index is 13.3. The van der Waals surface area contributed by atoms with Crippen molar-refractivity contribution in [3.8, 4) is 5.75 Å². The van der Waals surface area contributed by atoms with E-state index in [9.17, 15) is 4.39 Å². The van der Waals surface area contributed by atoms with Crippen molar-refractivity contribution in [2.75, 3.05) is 6.61 Å². The van der Waals surface area contributed by atoms with Gasteiger partial charge < -0.3 is 4.74 Å². The molecule has 0 aromatic heterocycles. The zero-order valence-electron chi connectivity index (χ0n) is 7.53. The van der Waals surface area contributed by atoms with E-state index in [1.807, 2.05) is 19.9 Å². The zero-order chi connectivity index (χ0) is 9.64. The second-order valence-electron chi connectivity index (χ2n) is 3.94. The maximum atomic E-state index is 13.3. The zero-order valence-corrected chi connectivity index (χ0v) is 9.11. The minimum Gasteiger partial charge on any atom is -0.489 e. The van der Waals surface area contributed by atoms with Crippen molar-refractivity contribution in [3.63, 3.8) is 0 Å². The molecule has 0 saturated heterocycles. The van der Waals surface area contributed by atoms with Gasteiger partial charge in [-0.25, -0.2) is 4.39 Å². The molecule has 1 aromatic rings. The molecule has 0 N–H and O–H groups in total. The second-order valence-corrected chi connectivity index (χ2v) is 4.85. The number of halogens is 2. The minimum absolute atomic E-state index is 0.0834. The van der Waals surface area contributed by atoms with Gasteiger partial charge >= 0.3 is 0 Å². The van der Waals surface area contributed by atoms with Gasteiger partial charge in [0.25, 0.3) is 0 Å². The van der Waals surface area contributed by atoms with E-state index in [-0.39, 0.29) is 11.2 Å². The van der Waals surface area contributed by atoms with E-state index in [1.54, 1.807) is 0 Å². The number of hydrogen-bond donors (Lipinski definition) is 0. The Balaban J connectivity index is 2.65. The standard InChI is InChI=1S/C10H10BrFO/c1-10(2)5-13-9-7(10)3-6(11)4-8(9)12/h3-4H,5H2,1-2H3. The molecule has 0 fully saturated rings. The van der Waals surface area contributed by atoms with Crippen LogP contribution < -0.4 is 4.74 Å². The molecular formula is C10H10BrFO. The third kappa shape index (κ3) is 1.35. The summed E-state index contributed by atoms with van der Waals surface area (Å²) in [5, 5.41) is 0. The normalized spacial score (nSPS) is 18.2. The smallest absolute Gasteiger partial charge is 0.166 e. The molecule has 1 nitrogen and oxygen atoms in total. The fourth-order valence-corrected chi connectivity index (χ4v) is 1.97. The van der Waals surface area contributed by atoms with Gasteiger partial charge in [0.05, 0.1) is 6.61 Å². The van der Waals surface area contributed by atoms with Crippen molar-refractivity contribution < 1.29 is 9.13 Å². The van der Waals surface area contributed by atoms with Gasteiger partial charge in [-0.1, -0.05) is 29.8 Å². The van der Waals surface area contributed by atoms with Crippen molar-refractivity contribution in [3.05, 3.63) is 28.0 Å². The molecule has 0 saturated carbocycles. The minimum atomic E-state index is -0.282. The largest absolute Gasteiger partial charge is 0.489 e. The highest BCUT2D eigenvalue weighted by atomic mass is 79.9. The van der Waals surface area contributed by atoms with E-state index >= 15 is 0 Å². The third-order valence-corrected chi connectivity index (χ3v) is 2.77. The van der Waals surface area contributed by atoms with Crippen LogP contribution in [0.5, 0.6) is 5.75 Å². The van der Waals surface area contributed by atoms with Crippen molar-refractivity contribution in [1.82, 2.24) is 0 Å². The van der Waals surface area contributed by atoms with Crippen LogP contribution in [0.25, 0.3) is 0 Å². The summed E-state index contributed by atoms with van der Waals surface area (Å²) in [6.45, 7) is 4.64. The van der Waals surface area contributed by atoms with Crippen LogP contribution in [0.1, 0.15) is 19.4 Å². The van der Waals surface area contributed by atoms with Gasteiger partial charge in [-0.2, -0.15) is 0 Å². The summed E-state index contributed by atoms with van der Waals surface area (Å²) < 4.78 is 19.4. The number of rotatable bonds is 0. The Hall–Kier alpha value is -0.570. The monoisotopic (exact) mass is 244 g/mol. The van der Waals surface area contributed by atoms with E-state index in [4.69, 9.17) is 4.74 Å². The van der Waals surface area contributed by atoms with Gasteiger partial charge in [0.15, 0.2) is 11.6 Å². The molecule has 0 radical (unpaired) electrons. The Labute approximate surface area is 85.0 Å². The van der Waals surface area contributed by atoms with Crippen molar-refractivity contribution in [2.24, 2.45) is 0 Å². The molecule has 0 unspecified atom stereocenters. The molecule has 1 aliphatic rings. The fourth-order valence-electron chi connectivity index (χ4n) is 1.54. The highest BCUT2D eigenvalue weighted by Crippen LogP contribution is 2.41. The molecule has 0 spiro atoms. The Bertz CT molecular complexity index is 360. The lowest BCUT2D eigenvalue weighted by Crippen LogP contribution is -2.18. The Morgan fingerprint density at radius 3 is 2.85 bits per heavy atom. The lowest BCUT2D eigenvalue weighted by atomic mass is 9.87. The number of hydrogen-bond acceptors (Lipinski definition) is 1. The number of ether oxygens (including phenoxy) is 1. The average molecular weight is 245 g/mol. The van der Waals surface area contributed by atoms with Gasteiger partial charge in [0.1, 0.15) is 0 Å². The Kier molecular flexibility index (Phi) is 1.88. The molecule has 0 aliphatic carbocycles. The predicted octanol–water partition coefficient (Wildman–Crippen LogP) is 3.26. The van der Waals surface area contributed by atoms with Crippen molar-refractivity contribution >= 4 is 15.9 Å². The fraction of sp³-hybridized carbons (Fsp3) is 0.400. The Morgan fingerprint density at radius 1 is 1.46 bits per heavy atom. The first-order valence-corrected chi connectivity index (χ1v) is 4.92. The summed E-state index contributed by atoms with van der Waals surface area (Å²) in [6.07, 6.45) is 0. The van der Waals surface area contributed by atoms with E-state index in [2.05, 4.69) is 15.9 Å². The highest BCUT2D eigenvalue weighted by Gasteiger charge is 2.33. The Morgan fingerprint density at radius 2 is 2.15 bits per heavy atom. The quantitative estimate of drug-likeness (QED) is 0.681. The van der Waals surface area contributed by atoms with E-state index in [0.29, 0.717) is 12.4 Å². The van der Waals surface area contributed by atoms with Gasteiger partial charge in [-0.3, -0.25) is 0 Å². The summed E-state index contributed by atoms with van der Waals surface area (Å²) in [6, 6.07) is 3.35. The van der Waals surface area contributed by atoms with Crippen LogP contribution in [0.15, 0.2) is 16.6 Å². The van der Waals surface area contributed by atoms with Gasteiger partial charge in [-0.05, 0) is 12.1 Å². The molecule has 70 valence electrons. The van der Waals surface area contributed by atoms with Crippen LogP contribution in [-0.4, -0.2) is 6.61 Å². The number of fused-ring (bicyclic) bond motifs is 1. The van der Waals surface area contributed by atoms with E-state index in [1.165, 1.54) is 6.07 Å². The number of benzene rings is 1. The molecule has 0 amide bonds. The summed E-state index contributed by atoms with van der Waals surface area (Å²) in [7, 11) is 0. The van der Waals surface area contributed by atoms with Crippen LogP contribution in [0.3, 0.4) is 0 Å². The van der Waals surface area contributed by atoms with Crippen LogP contribution in [-0.2, 0) is 5.41 Å². The SMILES string of the molecule is CC1(C)COc2c(F)cc(Br)cc21. The van der Waals surface area contributed by atoms with Crippen LogP contribution in [0.2, 0.25) is 0 Å². The lowest BCUT2D eigenvalue weighted by molar-refractivity contribution is 0.282. The van der Waals surface area contributed by atoms with Crippen molar-refractivity contribution in [1.29, 1.82) is 0 Å². The van der Waals surface area contributed by atoms with Gasteiger partial charge in [0.2, 0.25) is 0 Å². The molecule has 1 aromatic carbocycles. The van der Waals surface area contributed by atoms with Gasteiger partial charge in [-0.15, -0.1) is 0 Å². The second kappa shape index (κ2) is 2.71. The molecule has 3 heteroatoms. The summed E-state index contributed by atoms with van der Waals surface area (Å²) in [5.74, 6) is 0.128. The molecule has 0 bridgehead atoms. The first-order chi connectivity index (χ1) is 6.00. The third-order valence-electron chi connectivity index (χ3n) is 2.31. The van der Waals surface area contributed by atoms with Crippen LogP contribution in [0, 0.1) is 5.82 Å². The van der Waals surface area contributed by atoms with Crippen molar-refractivity contribution in [2.45, 2.75) is 19.3 Å². The molecule has 0 atom stereocenters. The lowest BCUT2D eigenvalue weighted by Gasteiger charge is -2.14. The molecule has 13 heavy (non-hydrogen) atoms. The highest BCUT2D eigenvalue weighted by molar-refractivity contribution is 9.10. The molecular weight excluding hydrogens is 235 g/mol. The topological polar surface area (TPSA) is 9.23 Å².